The van der Waals surface area contributed by atoms with Gasteiger partial charge in [-0.25, -0.2) is 0 Å². The minimum atomic E-state index is -1.38. The number of Topliss-reactive ketones (excluding diaryl/α,β-unsaturated/α-hetero) is 3. The van der Waals surface area contributed by atoms with E-state index in [-0.39, 0.29) is 29.7 Å². The quantitative estimate of drug-likeness (QED) is 0.143. The van der Waals surface area contributed by atoms with Crippen LogP contribution in [0.5, 0.6) is 0 Å². The van der Waals surface area contributed by atoms with E-state index >= 15 is 0 Å². The number of allylic oxidation sites excluding steroid dienone is 8. The van der Waals surface area contributed by atoms with E-state index in [1.54, 1.807) is 6.92 Å². The van der Waals surface area contributed by atoms with Crippen molar-refractivity contribution < 1.29 is 19.2 Å². The normalized spacial score (nSPS) is 30.8. The predicted octanol–water partition coefficient (Wildman–Crippen LogP) is 8.36. The molecule has 2 aliphatic rings. The molecule has 0 aromatic rings. The first-order valence-corrected chi connectivity index (χ1v) is 14.7. The first kappa shape index (κ1) is 32.8. The van der Waals surface area contributed by atoms with Gasteiger partial charge in [-0.05, 0) is 112 Å². The van der Waals surface area contributed by atoms with Gasteiger partial charge in [0.25, 0.3) is 0 Å². The molecule has 0 aromatic carbocycles. The molecule has 0 aromatic heterocycles. The van der Waals surface area contributed by atoms with Crippen molar-refractivity contribution in [3.05, 3.63) is 46.6 Å². The average Bonchev–Trinajstić information content (AvgIpc) is 2.84. The zero-order valence-electron chi connectivity index (χ0n) is 26.2. The Morgan fingerprint density at radius 3 is 1.87 bits per heavy atom. The lowest BCUT2D eigenvalue weighted by Crippen LogP contribution is -2.72. The molecule has 6 unspecified atom stereocenters. The number of hydrogen-bond acceptors (Lipinski definition) is 4. The van der Waals surface area contributed by atoms with Crippen LogP contribution in [-0.2, 0) is 19.2 Å². The first-order chi connectivity index (χ1) is 18.1. The van der Waals surface area contributed by atoms with Crippen molar-refractivity contribution in [1.82, 2.24) is 0 Å². The van der Waals surface area contributed by atoms with Gasteiger partial charge in [0.05, 0.1) is 16.7 Å². The van der Waals surface area contributed by atoms with E-state index in [4.69, 9.17) is 0 Å². The highest BCUT2D eigenvalue weighted by Crippen LogP contribution is 2.67. The van der Waals surface area contributed by atoms with Gasteiger partial charge in [-0.3, -0.25) is 14.4 Å². The van der Waals surface area contributed by atoms with E-state index in [1.165, 1.54) is 11.1 Å². The van der Waals surface area contributed by atoms with Crippen LogP contribution in [0.15, 0.2) is 46.6 Å². The van der Waals surface area contributed by atoms with Gasteiger partial charge in [-0.2, -0.15) is 0 Å². The third-order valence-electron chi connectivity index (χ3n) is 9.33. The van der Waals surface area contributed by atoms with Gasteiger partial charge < -0.3 is 4.79 Å². The van der Waals surface area contributed by atoms with Crippen LogP contribution in [-0.4, -0.2) is 23.6 Å². The van der Waals surface area contributed by atoms with E-state index in [0.717, 1.165) is 23.9 Å². The minimum absolute atomic E-state index is 0.0441. The summed E-state index contributed by atoms with van der Waals surface area (Å²) in [5.74, 6) is -2.07. The lowest BCUT2D eigenvalue weighted by molar-refractivity contribution is -0.189. The summed E-state index contributed by atoms with van der Waals surface area (Å²) in [5.41, 5.74) is 1.15. The molecule has 39 heavy (non-hydrogen) atoms. The highest BCUT2D eigenvalue weighted by atomic mass is 16.2. The summed E-state index contributed by atoms with van der Waals surface area (Å²) in [6.45, 7) is 20.0. The predicted molar refractivity (Wildman–Crippen MR) is 160 cm³/mol. The SMILES string of the molecule is CC(C)=CCCC1(C)C(CC=C(C)C)CC2(CC=C(C)C)C(=O)C(CC=C(C)C)C(=O)C1(CC(C)C=O)C2=O. The molecular formula is C35H52O4. The Kier molecular flexibility index (Phi) is 10.8. The van der Waals surface area contributed by atoms with E-state index in [2.05, 4.69) is 46.8 Å². The van der Waals surface area contributed by atoms with Crippen LogP contribution in [0.25, 0.3) is 0 Å². The molecule has 2 fully saturated rings. The van der Waals surface area contributed by atoms with E-state index in [9.17, 15) is 19.2 Å². The van der Waals surface area contributed by atoms with Gasteiger partial charge in [0.2, 0.25) is 0 Å². The summed E-state index contributed by atoms with van der Waals surface area (Å²) < 4.78 is 0. The van der Waals surface area contributed by atoms with Gasteiger partial charge in [0, 0.05) is 5.92 Å². The van der Waals surface area contributed by atoms with Crippen molar-refractivity contribution >= 4 is 23.6 Å². The largest absolute Gasteiger partial charge is 0.303 e. The Balaban J connectivity index is 2.98. The maximum absolute atomic E-state index is 15.0. The minimum Gasteiger partial charge on any atom is -0.303 e. The Labute approximate surface area is 237 Å². The summed E-state index contributed by atoms with van der Waals surface area (Å²) in [5, 5.41) is 0. The third-order valence-corrected chi connectivity index (χ3v) is 9.33. The number of aldehydes is 1. The molecule has 0 heterocycles. The lowest BCUT2D eigenvalue weighted by atomic mass is 9.36. The van der Waals surface area contributed by atoms with Crippen molar-refractivity contribution in [2.45, 2.75) is 114 Å². The second-order valence-corrected chi connectivity index (χ2v) is 13.6. The van der Waals surface area contributed by atoms with Crippen LogP contribution >= 0.6 is 0 Å². The maximum Gasteiger partial charge on any atom is 0.160 e. The van der Waals surface area contributed by atoms with E-state index in [0.29, 0.717) is 32.1 Å². The topological polar surface area (TPSA) is 68.3 Å². The third kappa shape index (κ3) is 6.36. The Morgan fingerprint density at radius 1 is 0.821 bits per heavy atom. The van der Waals surface area contributed by atoms with E-state index in [1.807, 2.05) is 39.8 Å². The highest BCUT2D eigenvalue weighted by Gasteiger charge is 2.75. The standard InChI is InChI=1S/C35H52O4/c1-23(2)12-11-18-33(10)28(15-13-24(3)4)21-34(19-17-26(7)8)30(37)29(16-14-25(5)6)31(38)35(33,32(34)39)20-27(9)22-36/h12-14,17,22,27-29H,11,15-16,18-21H2,1-10H3. The van der Waals surface area contributed by atoms with Gasteiger partial charge in [0.15, 0.2) is 17.3 Å². The van der Waals surface area contributed by atoms with Gasteiger partial charge in [0.1, 0.15) is 6.29 Å². The van der Waals surface area contributed by atoms with Gasteiger partial charge in [-0.15, -0.1) is 0 Å². The van der Waals surface area contributed by atoms with Crippen LogP contribution in [0.2, 0.25) is 0 Å². The zero-order chi connectivity index (χ0) is 29.8. The fourth-order valence-corrected chi connectivity index (χ4v) is 7.09. The lowest BCUT2D eigenvalue weighted by Gasteiger charge is -2.63. The summed E-state index contributed by atoms with van der Waals surface area (Å²) in [7, 11) is 0. The number of fused-ring (bicyclic) bond motifs is 2. The number of carbonyl (C=O) groups is 4. The van der Waals surface area contributed by atoms with Crippen molar-refractivity contribution in [3.8, 4) is 0 Å². The molecule has 0 radical (unpaired) electrons. The molecule has 2 saturated carbocycles. The monoisotopic (exact) mass is 536 g/mol. The summed E-state index contributed by atoms with van der Waals surface area (Å²) >= 11 is 0. The van der Waals surface area contributed by atoms with Crippen LogP contribution in [0, 0.1) is 34.0 Å². The van der Waals surface area contributed by atoms with Crippen molar-refractivity contribution in [3.63, 3.8) is 0 Å². The van der Waals surface area contributed by atoms with Crippen molar-refractivity contribution in [2.75, 3.05) is 0 Å². The van der Waals surface area contributed by atoms with Gasteiger partial charge >= 0.3 is 0 Å². The number of hydrogen-bond donors (Lipinski definition) is 0. The number of rotatable bonds is 12. The van der Waals surface area contributed by atoms with Crippen molar-refractivity contribution in [1.29, 1.82) is 0 Å². The van der Waals surface area contributed by atoms with Crippen molar-refractivity contribution in [2.24, 2.45) is 34.0 Å². The number of ketones is 3. The van der Waals surface area contributed by atoms with Gasteiger partial charge in [-0.1, -0.05) is 60.4 Å². The maximum atomic E-state index is 15.0. The fraction of sp³-hybridized carbons (Fsp3) is 0.657. The molecular weight excluding hydrogens is 484 g/mol. The molecule has 216 valence electrons. The molecule has 2 aliphatic carbocycles. The summed E-state index contributed by atoms with van der Waals surface area (Å²) in [6.07, 6.45) is 12.5. The molecule has 0 N–H and O–H groups in total. The average molecular weight is 537 g/mol. The molecule has 0 aliphatic heterocycles. The Hall–Kier alpha value is -2.36. The molecule has 4 heteroatoms. The Bertz CT molecular complexity index is 1090. The fourth-order valence-electron chi connectivity index (χ4n) is 7.09. The van der Waals surface area contributed by atoms with Crippen LogP contribution < -0.4 is 0 Å². The molecule has 2 rings (SSSR count). The molecule has 0 amide bonds. The second kappa shape index (κ2) is 12.9. The molecule has 6 atom stereocenters. The van der Waals surface area contributed by atoms with E-state index < -0.39 is 28.1 Å². The summed E-state index contributed by atoms with van der Waals surface area (Å²) in [6, 6.07) is 0. The second-order valence-electron chi connectivity index (χ2n) is 13.6. The number of carbonyl (C=O) groups excluding carboxylic acids is 4. The molecule has 4 nitrogen and oxygen atoms in total. The molecule has 2 bridgehead atoms. The Morgan fingerprint density at radius 2 is 1.36 bits per heavy atom. The molecule has 0 saturated heterocycles. The van der Waals surface area contributed by atoms with Crippen LogP contribution in [0.3, 0.4) is 0 Å². The summed E-state index contributed by atoms with van der Waals surface area (Å²) in [4.78, 5) is 56.3. The molecule has 0 spiro atoms. The first-order valence-electron chi connectivity index (χ1n) is 14.7. The zero-order valence-corrected chi connectivity index (χ0v) is 26.2. The van der Waals surface area contributed by atoms with Crippen LogP contribution in [0.4, 0.5) is 0 Å². The smallest absolute Gasteiger partial charge is 0.160 e. The highest BCUT2D eigenvalue weighted by molar-refractivity contribution is 6.30. The van der Waals surface area contributed by atoms with Crippen LogP contribution in [0.1, 0.15) is 114 Å².